The van der Waals surface area contributed by atoms with E-state index < -0.39 is 23.5 Å². The third kappa shape index (κ3) is 3.28. The highest BCUT2D eigenvalue weighted by atomic mass is 16.5. The van der Waals surface area contributed by atoms with Gasteiger partial charge in [0.1, 0.15) is 5.54 Å². The number of aliphatic carboxylic acids is 1. The molecular formula is C11H18N2O4. The average Bonchev–Trinajstić information content (AvgIpc) is 2.30. The Labute approximate surface area is 99.8 Å². The summed E-state index contributed by atoms with van der Waals surface area (Å²) >= 11 is 0. The van der Waals surface area contributed by atoms with E-state index in [1.807, 2.05) is 0 Å². The fourth-order valence-corrected chi connectivity index (χ4v) is 1.73. The van der Waals surface area contributed by atoms with E-state index in [-0.39, 0.29) is 12.8 Å². The summed E-state index contributed by atoms with van der Waals surface area (Å²) in [5, 5.41) is 11.7. The van der Waals surface area contributed by atoms with Crippen LogP contribution in [0.25, 0.3) is 0 Å². The van der Waals surface area contributed by atoms with Gasteiger partial charge in [-0.05, 0) is 6.42 Å². The van der Waals surface area contributed by atoms with E-state index in [0.717, 1.165) is 0 Å². The Morgan fingerprint density at radius 3 is 2.59 bits per heavy atom. The number of carbonyl (C=O) groups excluding carboxylic acids is 1. The first kappa shape index (κ1) is 13.7. The fraction of sp³-hybridized carbons (Fsp3) is 0.636. The molecule has 0 aliphatic carbocycles. The molecule has 0 spiro atoms. The SMILES string of the molecule is C=CCC(N)C(=O)NC1(C(=O)O)CCOCC1. The van der Waals surface area contributed by atoms with Gasteiger partial charge < -0.3 is 20.9 Å². The fourth-order valence-electron chi connectivity index (χ4n) is 1.73. The Bertz CT molecular complexity index is 311. The summed E-state index contributed by atoms with van der Waals surface area (Å²) in [7, 11) is 0. The zero-order chi connectivity index (χ0) is 12.9. The van der Waals surface area contributed by atoms with E-state index in [9.17, 15) is 14.7 Å². The van der Waals surface area contributed by atoms with Crippen molar-refractivity contribution in [2.45, 2.75) is 30.8 Å². The Kier molecular flexibility index (Phi) is 4.65. The van der Waals surface area contributed by atoms with Crippen molar-refractivity contribution in [3.8, 4) is 0 Å². The molecule has 6 nitrogen and oxygen atoms in total. The maximum Gasteiger partial charge on any atom is 0.329 e. The number of amides is 1. The van der Waals surface area contributed by atoms with Crippen molar-refractivity contribution >= 4 is 11.9 Å². The van der Waals surface area contributed by atoms with Gasteiger partial charge in [-0.2, -0.15) is 0 Å². The first-order chi connectivity index (χ1) is 8.02. The Morgan fingerprint density at radius 2 is 2.12 bits per heavy atom. The summed E-state index contributed by atoms with van der Waals surface area (Å²) in [6, 6.07) is -0.758. The first-order valence-corrected chi connectivity index (χ1v) is 5.51. The lowest BCUT2D eigenvalue weighted by Crippen LogP contribution is -2.60. The van der Waals surface area contributed by atoms with Gasteiger partial charge in [0.05, 0.1) is 6.04 Å². The number of rotatable bonds is 5. The third-order valence-electron chi connectivity index (χ3n) is 2.88. The molecule has 0 aromatic heterocycles. The molecule has 1 aliphatic heterocycles. The molecule has 1 aliphatic rings. The number of ether oxygens (including phenoxy) is 1. The van der Waals surface area contributed by atoms with Gasteiger partial charge in [0.25, 0.3) is 0 Å². The smallest absolute Gasteiger partial charge is 0.329 e. The van der Waals surface area contributed by atoms with Crippen LogP contribution in [0.2, 0.25) is 0 Å². The van der Waals surface area contributed by atoms with Gasteiger partial charge in [-0.25, -0.2) is 4.79 Å². The Morgan fingerprint density at radius 1 is 1.53 bits per heavy atom. The minimum absolute atomic E-state index is 0.259. The van der Waals surface area contributed by atoms with Crippen LogP contribution in [0, 0.1) is 0 Å². The quantitative estimate of drug-likeness (QED) is 0.571. The maximum absolute atomic E-state index is 11.7. The molecule has 1 amide bonds. The number of carbonyl (C=O) groups is 2. The lowest BCUT2D eigenvalue weighted by Gasteiger charge is -2.34. The predicted molar refractivity (Wildman–Crippen MR) is 61.4 cm³/mol. The van der Waals surface area contributed by atoms with E-state index >= 15 is 0 Å². The number of carboxylic acids is 1. The van der Waals surface area contributed by atoms with Crippen LogP contribution in [0.1, 0.15) is 19.3 Å². The molecule has 1 heterocycles. The molecule has 1 rings (SSSR count). The van der Waals surface area contributed by atoms with Crippen molar-refractivity contribution in [1.29, 1.82) is 0 Å². The highest BCUT2D eigenvalue weighted by Gasteiger charge is 2.42. The highest BCUT2D eigenvalue weighted by molar-refractivity contribution is 5.89. The molecule has 1 unspecified atom stereocenters. The lowest BCUT2D eigenvalue weighted by molar-refractivity contribution is -0.152. The minimum Gasteiger partial charge on any atom is -0.480 e. The number of hydrogen-bond donors (Lipinski definition) is 3. The van der Waals surface area contributed by atoms with Crippen LogP contribution in [0.15, 0.2) is 12.7 Å². The van der Waals surface area contributed by atoms with Gasteiger partial charge in [-0.15, -0.1) is 6.58 Å². The second kappa shape index (κ2) is 5.79. The van der Waals surface area contributed by atoms with Crippen LogP contribution >= 0.6 is 0 Å². The van der Waals surface area contributed by atoms with Gasteiger partial charge in [0.15, 0.2) is 0 Å². The van der Waals surface area contributed by atoms with Gasteiger partial charge in [-0.3, -0.25) is 4.79 Å². The number of nitrogens with one attached hydrogen (secondary N) is 1. The largest absolute Gasteiger partial charge is 0.480 e. The standard InChI is InChI=1S/C11H18N2O4/c1-2-3-8(12)9(14)13-11(10(15)16)4-6-17-7-5-11/h2,8H,1,3-7,12H2,(H,13,14)(H,15,16). The van der Waals surface area contributed by atoms with Crippen molar-refractivity contribution in [3.05, 3.63) is 12.7 Å². The zero-order valence-electron chi connectivity index (χ0n) is 9.65. The van der Waals surface area contributed by atoms with E-state index in [0.29, 0.717) is 19.6 Å². The second-order valence-corrected chi connectivity index (χ2v) is 4.12. The van der Waals surface area contributed by atoms with Crippen LogP contribution in [0.4, 0.5) is 0 Å². The first-order valence-electron chi connectivity index (χ1n) is 5.51. The molecular weight excluding hydrogens is 224 g/mol. The van der Waals surface area contributed by atoms with Crippen LogP contribution in [0.5, 0.6) is 0 Å². The normalized spacial score (nSPS) is 20.3. The molecule has 0 radical (unpaired) electrons. The summed E-state index contributed by atoms with van der Waals surface area (Å²) in [6.07, 6.45) is 2.36. The molecule has 1 saturated heterocycles. The molecule has 4 N–H and O–H groups in total. The Hall–Kier alpha value is -1.40. The van der Waals surface area contributed by atoms with E-state index in [2.05, 4.69) is 11.9 Å². The molecule has 1 fully saturated rings. The third-order valence-corrected chi connectivity index (χ3v) is 2.88. The summed E-state index contributed by atoms with van der Waals surface area (Å²) < 4.78 is 5.10. The lowest BCUT2D eigenvalue weighted by atomic mass is 9.89. The molecule has 0 aromatic rings. The number of hydrogen-bond acceptors (Lipinski definition) is 4. The summed E-state index contributed by atoms with van der Waals surface area (Å²) in [5.74, 6) is -1.51. The zero-order valence-corrected chi connectivity index (χ0v) is 9.65. The Balaban J connectivity index is 2.69. The van der Waals surface area contributed by atoms with Crippen LogP contribution in [0.3, 0.4) is 0 Å². The van der Waals surface area contributed by atoms with Gasteiger partial charge >= 0.3 is 5.97 Å². The molecule has 0 bridgehead atoms. The van der Waals surface area contributed by atoms with Crippen LogP contribution in [-0.2, 0) is 14.3 Å². The molecule has 17 heavy (non-hydrogen) atoms. The van der Waals surface area contributed by atoms with Gasteiger partial charge in [-0.1, -0.05) is 6.08 Å². The second-order valence-electron chi connectivity index (χ2n) is 4.12. The van der Waals surface area contributed by atoms with Crippen molar-refractivity contribution in [2.75, 3.05) is 13.2 Å². The highest BCUT2D eigenvalue weighted by Crippen LogP contribution is 2.21. The van der Waals surface area contributed by atoms with Crippen LogP contribution < -0.4 is 11.1 Å². The molecule has 6 heteroatoms. The number of nitrogens with two attached hydrogens (primary N) is 1. The van der Waals surface area contributed by atoms with E-state index in [1.165, 1.54) is 6.08 Å². The van der Waals surface area contributed by atoms with Gasteiger partial charge in [0.2, 0.25) is 5.91 Å². The molecule has 0 saturated carbocycles. The maximum atomic E-state index is 11.7. The van der Waals surface area contributed by atoms with E-state index in [4.69, 9.17) is 10.5 Å². The topological polar surface area (TPSA) is 102 Å². The number of carboxylic acid groups (broad SMARTS) is 1. The van der Waals surface area contributed by atoms with Gasteiger partial charge in [0, 0.05) is 26.1 Å². The van der Waals surface area contributed by atoms with Crippen molar-refractivity contribution in [1.82, 2.24) is 5.32 Å². The molecule has 1 atom stereocenters. The molecule has 0 aromatic carbocycles. The monoisotopic (exact) mass is 242 g/mol. The predicted octanol–water partition coefficient (Wildman–Crippen LogP) is -0.360. The minimum atomic E-state index is -1.24. The molecule has 96 valence electrons. The van der Waals surface area contributed by atoms with Crippen LogP contribution in [-0.4, -0.2) is 41.8 Å². The average molecular weight is 242 g/mol. The summed E-state index contributed by atoms with van der Waals surface area (Å²) in [6.45, 7) is 4.13. The summed E-state index contributed by atoms with van der Waals surface area (Å²) in [4.78, 5) is 23.0. The van der Waals surface area contributed by atoms with E-state index in [1.54, 1.807) is 0 Å². The summed E-state index contributed by atoms with van der Waals surface area (Å²) in [5.41, 5.74) is 4.35. The van der Waals surface area contributed by atoms with Crippen molar-refractivity contribution in [3.63, 3.8) is 0 Å². The van der Waals surface area contributed by atoms with Crippen molar-refractivity contribution < 1.29 is 19.4 Å². The van der Waals surface area contributed by atoms with Crippen molar-refractivity contribution in [2.24, 2.45) is 5.73 Å².